The third-order valence-electron chi connectivity index (χ3n) is 4.45. The Morgan fingerprint density at radius 2 is 1.45 bits per heavy atom. The highest BCUT2D eigenvalue weighted by atomic mass is 16.5. The molecule has 3 rings (SSSR count). The van der Waals surface area contributed by atoms with Crippen LogP contribution in [0.1, 0.15) is 12.5 Å². The SMILES string of the molecule is CCc1ccccc1NC(=O)CNC(=O)COc1ccc(-c2ccccc2)cc1. The number of rotatable bonds is 8. The van der Waals surface area contributed by atoms with Gasteiger partial charge >= 0.3 is 0 Å². The normalized spacial score (nSPS) is 10.2. The summed E-state index contributed by atoms with van der Waals surface area (Å²) in [5, 5.41) is 5.39. The minimum atomic E-state index is -0.351. The number of para-hydroxylation sites is 1. The Labute approximate surface area is 170 Å². The second-order valence-corrected chi connectivity index (χ2v) is 6.51. The number of nitrogens with one attached hydrogen (secondary N) is 2. The van der Waals surface area contributed by atoms with Gasteiger partial charge in [0.15, 0.2) is 6.61 Å². The van der Waals surface area contributed by atoms with Crippen molar-refractivity contribution in [1.82, 2.24) is 5.32 Å². The van der Waals surface area contributed by atoms with E-state index in [1.54, 1.807) is 0 Å². The number of anilines is 1. The molecule has 5 heteroatoms. The molecular weight excluding hydrogens is 364 g/mol. The molecule has 3 aromatic carbocycles. The summed E-state index contributed by atoms with van der Waals surface area (Å²) in [6.07, 6.45) is 0.819. The lowest BCUT2D eigenvalue weighted by atomic mass is 10.1. The maximum atomic E-state index is 12.1. The van der Waals surface area contributed by atoms with E-state index in [4.69, 9.17) is 4.74 Å². The Hall–Kier alpha value is -3.60. The lowest BCUT2D eigenvalue weighted by molar-refractivity contribution is -0.125. The number of amides is 2. The van der Waals surface area contributed by atoms with E-state index in [1.807, 2.05) is 85.8 Å². The van der Waals surface area contributed by atoms with Crippen LogP contribution in [0, 0.1) is 0 Å². The maximum Gasteiger partial charge on any atom is 0.258 e. The van der Waals surface area contributed by atoms with E-state index in [9.17, 15) is 9.59 Å². The van der Waals surface area contributed by atoms with Gasteiger partial charge in [0.05, 0.1) is 6.54 Å². The molecule has 2 amide bonds. The van der Waals surface area contributed by atoms with E-state index >= 15 is 0 Å². The van der Waals surface area contributed by atoms with Crippen LogP contribution in [0.25, 0.3) is 11.1 Å². The molecule has 3 aromatic rings. The molecule has 0 atom stereocenters. The molecule has 5 nitrogen and oxygen atoms in total. The molecule has 0 aliphatic rings. The number of hydrogen-bond donors (Lipinski definition) is 2. The van der Waals surface area contributed by atoms with Gasteiger partial charge in [-0.3, -0.25) is 9.59 Å². The summed E-state index contributed by atoms with van der Waals surface area (Å²) >= 11 is 0. The highest BCUT2D eigenvalue weighted by molar-refractivity contribution is 5.95. The number of aryl methyl sites for hydroxylation is 1. The van der Waals surface area contributed by atoms with Gasteiger partial charge in [0.2, 0.25) is 5.91 Å². The van der Waals surface area contributed by atoms with E-state index in [-0.39, 0.29) is 25.0 Å². The number of carbonyl (C=O) groups excluding carboxylic acids is 2. The molecule has 0 aliphatic carbocycles. The zero-order chi connectivity index (χ0) is 20.5. The molecule has 0 fully saturated rings. The lowest BCUT2D eigenvalue weighted by Gasteiger charge is -2.11. The van der Waals surface area contributed by atoms with Crippen LogP contribution in [0.4, 0.5) is 5.69 Å². The van der Waals surface area contributed by atoms with Gasteiger partial charge in [-0.15, -0.1) is 0 Å². The van der Waals surface area contributed by atoms with Crippen LogP contribution in [-0.2, 0) is 16.0 Å². The van der Waals surface area contributed by atoms with Crippen LogP contribution in [0.15, 0.2) is 78.9 Å². The largest absolute Gasteiger partial charge is 0.484 e. The maximum absolute atomic E-state index is 12.1. The van der Waals surface area contributed by atoms with Crippen molar-refractivity contribution in [2.45, 2.75) is 13.3 Å². The van der Waals surface area contributed by atoms with Crippen molar-refractivity contribution in [2.75, 3.05) is 18.5 Å². The fourth-order valence-electron chi connectivity index (χ4n) is 2.90. The van der Waals surface area contributed by atoms with Gasteiger partial charge in [0.25, 0.3) is 5.91 Å². The van der Waals surface area contributed by atoms with Crippen molar-refractivity contribution >= 4 is 17.5 Å². The standard InChI is InChI=1S/C24H24N2O3/c1-2-18-8-6-7-11-22(18)26-23(27)16-25-24(28)17-29-21-14-12-20(13-15-21)19-9-4-3-5-10-19/h3-15H,2,16-17H2,1H3,(H,25,28)(H,26,27). The second kappa shape index (κ2) is 10.1. The Morgan fingerprint density at radius 3 is 2.17 bits per heavy atom. The van der Waals surface area contributed by atoms with Crippen LogP contribution >= 0.6 is 0 Å². The molecule has 0 heterocycles. The number of benzene rings is 3. The number of carbonyl (C=O) groups is 2. The van der Waals surface area contributed by atoms with Gasteiger partial charge in [-0.1, -0.05) is 67.6 Å². The monoisotopic (exact) mass is 388 g/mol. The zero-order valence-corrected chi connectivity index (χ0v) is 16.4. The Balaban J connectivity index is 1.43. The second-order valence-electron chi connectivity index (χ2n) is 6.51. The molecule has 0 radical (unpaired) electrons. The van der Waals surface area contributed by atoms with Crippen molar-refractivity contribution < 1.29 is 14.3 Å². The van der Waals surface area contributed by atoms with Crippen LogP contribution in [-0.4, -0.2) is 25.0 Å². The number of hydrogen-bond acceptors (Lipinski definition) is 3. The summed E-state index contributed by atoms with van der Waals surface area (Å²) in [5.41, 5.74) is 4.01. The average Bonchev–Trinajstić information content (AvgIpc) is 2.77. The summed E-state index contributed by atoms with van der Waals surface area (Å²) in [6.45, 7) is 1.77. The molecular formula is C24H24N2O3. The first-order chi connectivity index (χ1) is 14.2. The lowest BCUT2D eigenvalue weighted by Crippen LogP contribution is -2.35. The molecule has 0 unspecified atom stereocenters. The summed E-state index contributed by atoms with van der Waals surface area (Å²) in [4.78, 5) is 24.0. The first-order valence-electron chi connectivity index (χ1n) is 9.58. The van der Waals surface area contributed by atoms with Crippen molar-refractivity contribution in [3.63, 3.8) is 0 Å². The Kier molecular flexibility index (Phi) is 7.00. The van der Waals surface area contributed by atoms with Crippen molar-refractivity contribution in [1.29, 1.82) is 0 Å². The molecule has 2 N–H and O–H groups in total. The van der Waals surface area contributed by atoms with Crippen LogP contribution in [0.2, 0.25) is 0 Å². The third-order valence-corrected chi connectivity index (χ3v) is 4.45. The van der Waals surface area contributed by atoms with E-state index in [2.05, 4.69) is 10.6 Å². The van der Waals surface area contributed by atoms with Crippen LogP contribution in [0.3, 0.4) is 0 Å². The summed E-state index contributed by atoms with van der Waals surface area (Å²) < 4.78 is 5.50. The van der Waals surface area contributed by atoms with Crippen molar-refractivity contribution in [3.8, 4) is 16.9 Å². The quantitative estimate of drug-likeness (QED) is 0.612. The third kappa shape index (κ3) is 5.94. The fourth-order valence-corrected chi connectivity index (χ4v) is 2.90. The first-order valence-corrected chi connectivity index (χ1v) is 9.58. The van der Waals surface area contributed by atoms with E-state index < -0.39 is 0 Å². The Morgan fingerprint density at radius 1 is 0.793 bits per heavy atom. The van der Waals surface area contributed by atoms with E-state index in [0.717, 1.165) is 28.8 Å². The van der Waals surface area contributed by atoms with Gasteiger partial charge in [-0.2, -0.15) is 0 Å². The molecule has 148 valence electrons. The molecule has 0 aliphatic heterocycles. The van der Waals surface area contributed by atoms with Crippen LogP contribution in [0.5, 0.6) is 5.75 Å². The zero-order valence-electron chi connectivity index (χ0n) is 16.4. The molecule has 0 saturated carbocycles. The van der Waals surface area contributed by atoms with Crippen LogP contribution < -0.4 is 15.4 Å². The molecule has 29 heavy (non-hydrogen) atoms. The summed E-state index contributed by atoms with van der Waals surface area (Å²) in [7, 11) is 0. The van der Waals surface area contributed by atoms with Gasteiger partial charge in [-0.25, -0.2) is 0 Å². The predicted octanol–water partition coefficient (Wildman–Crippen LogP) is 4.05. The molecule has 0 bridgehead atoms. The Bertz CT molecular complexity index is 953. The topological polar surface area (TPSA) is 67.4 Å². The van der Waals surface area contributed by atoms with E-state index in [1.165, 1.54) is 0 Å². The van der Waals surface area contributed by atoms with Gasteiger partial charge in [-0.05, 0) is 41.3 Å². The summed E-state index contributed by atoms with van der Waals surface area (Å²) in [5.74, 6) is -0.0244. The van der Waals surface area contributed by atoms with Gasteiger partial charge in [0, 0.05) is 5.69 Å². The highest BCUT2D eigenvalue weighted by Gasteiger charge is 2.08. The predicted molar refractivity (Wildman–Crippen MR) is 115 cm³/mol. The summed E-state index contributed by atoms with van der Waals surface area (Å²) in [6, 6.07) is 25.2. The highest BCUT2D eigenvalue weighted by Crippen LogP contribution is 2.22. The fraction of sp³-hybridized carbons (Fsp3) is 0.167. The number of ether oxygens (including phenoxy) is 1. The van der Waals surface area contributed by atoms with Gasteiger partial charge in [0.1, 0.15) is 5.75 Å². The minimum Gasteiger partial charge on any atom is -0.484 e. The molecule has 0 aromatic heterocycles. The van der Waals surface area contributed by atoms with Crippen molar-refractivity contribution in [2.24, 2.45) is 0 Å². The molecule has 0 spiro atoms. The molecule has 0 saturated heterocycles. The first kappa shape index (κ1) is 20.1. The van der Waals surface area contributed by atoms with Gasteiger partial charge < -0.3 is 15.4 Å². The van der Waals surface area contributed by atoms with Crippen molar-refractivity contribution in [3.05, 3.63) is 84.4 Å². The average molecular weight is 388 g/mol. The van der Waals surface area contributed by atoms with E-state index in [0.29, 0.717) is 5.75 Å². The smallest absolute Gasteiger partial charge is 0.258 e. The minimum absolute atomic E-state index is 0.104.